The van der Waals surface area contributed by atoms with E-state index < -0.39 is 16.1 Å². The minimum Gasteiger partial charge on any atom is -0.326 e. The van der Waals surface area contributed by atoms with Gasteiger partial charge in [0.2, 0.25) is 5.91 Å². The van der Waals surface area contributed by atoms with Gasteiger partial charge in [0, 0.05) is 25.7 Å². The van der Waals surface area contributed by atoms with Crippen molar-refractivity contribution in [1.82, 2.24) is 9.62 Å². The Morgan fingerprint density at radius 1 is 0.964 bits per heavy atom. The number of benzene rings is 2. The number of fused-ring (bicyclic) bond motifs is 1. The molecule has 3 amide bonds. The highest BCUT2D eigenvalue weighted by molar-refractivity contribution is 7.90. The van der Waals surface area contributed by atoms with Gasteiger partial charge in [-0.2, -0.15) is 0 Å². The Labute approximate surface area is 164 Å². The molecule has 7 nitrogen and oxygen atoms in total. The van der Waals surface area contributed by atoms with Crippen molar-refractivity contribution in [2.75, 3.05) is 18.4 Å². The molecule has 0 unspecified atom stereocenters. The Kier molecular flexibility index (Phi) is 5.69. The Morgan fingerprint density at radius 3 is 2.25 bits per heavy atom. The molecular weight excluding hydrogens is 378 g/mol. The fraction of sp³-hybridized carbons (Fsp3) is 0.300. The highest BCUT2D eigenvalue weighted by atomic mass is 32.2. The van der Waals surface area contributed by atoms with Crippen LogP contribution in [0.15, 0.2) is 47.4 Å². The lowest BCUT2D eigenvalue weighted by Crippen LogP contribution is -2.43. The number of hydrogen-bond acceptors (Lipinski definition) is 4. The second kappa shape index (κ2) is 8.02. The molecule has 0 aromatic heterocycles. The van der Waals surface area contributed by atoms with E-state index in [4.69, 9.17) is 0 Å². The lowest BCUT2D eigenvalue weighted by molar-refractivity contribution is -0.114. The molecule has 1 aliphatic heterocycles. The van der Waals surface area contributed by atoms with E-state index in [0.29, 0.717) is 31.6 Å². The van der Waals surface area contributed by atoms with Gasteiger partial charge >= 0.3 is 6.03 Å². The minimum absolute atomic E-state index is 0.0597. The summed E-state index contributed by atoms with van der Waals surface area (Å²) in [5, 5.41) is 2.75. The number of rotatable bonds is 3. The molecule has 1 heterocycles. The molecular formula is C20H23N3O4S. The number of nitrogens with zero attached hydrogens (tertiary/aromatic N) is 1. The van der Waals surface area contributed by atoms with E-state index in [2.05, 4.69) is 10.0 Å². The number of anilines is 1. The lowest BCUT2D eigenvalue weighted by atomic mass is 10.0. The van der Waals surface area contributed by atoms with Gasteiger partial charge in [-0.15, -0.1) is 0 Å². The molecule has 0 fully saturated rings. The van der Waals surface area contributed by atoms with Gasteiger partial charge in [0.1, 0.15) is 0 Å². The molecule has 0 radical (unpaired) electrons. The van der Waals surface area contributed by atoms with Crippen molar-refractivity contribution < 1.29 is 18.0 Å². The zero-order valence-electron chi connectivity index (χ0n) is 15.9. The summed E-state index contributed by atoms with van der Waals surface area (Å²) in [7, 11) is -3.91. The van der Waals surface area contributed by atoms with Crippen molar-refractivity contribution in [3.05, 3.63) is 59.2 Å². The summed E-state index contributed by atoms with van der Waals surface area (Å²) in [6.45, 7) is 4.13. The molecule has 0 saturated heterocycles. The Hall–Kier alpha value is -2.87. The van der Waals surface area contributed by atoms with Crippen molar-refractivity contribution in [2.45, 2.75) is 31.6 Å². The van der Waals surface area contributed by atoms with Crippen LogP contribution in [0.5, 0.6) is 0 Å². The van der Waals surface area contributed by atoms with Crippen LogP contribution in [0.25, 0.3) is 0 Å². The van der Waals surface area contributed by atoms with Crippen LogP contribution in [0.2, 0.25) is 0 Å². The number of hydrogen-bond donors (Lipinski definition) is 2. The SMILES string of the molecule is CC(=O)Nc1ccc2c(c1)CCN(C(=O)NS(=O)(=O)c1ccc(C)cc1)CC2. The van der Waals surface area contributed by atoms with E-state index in [1.165, 1.54) is 24.0 Å². The second-order valence-electron chi connectivity index (χ2n) is 6.88. The molecule has 0 atom stereocenters. The van der Waals surface area contributed by atoms with Crippen LogP contribution in [0.1, 0.15) is 23.6 Å². The normalized spacial score (nSPS) is 14.0. The first-order chi connectivity index (χ1) is 13.2. The first kappa shape index (κ1) is 19.9. The van der Waals surface area contributed by atoms with Gasteiger partial charge in [-0.1, -0.05) is 23.8 Å². The van der Waals surface area contributed by atoms with Crippen LogP contribution in [0, 0.1) is 6.92 Å². The maximum absolute atomic E-state index is 12.5. The van der Waals surface area contributed by atoms with Crippen LogP contribution in [0.4, 0.5) is 10.5 Å². The van der Waals surface area contributed by atoms with Crippen LogP contribution >= 0.6 is 0 Å². The van der Waals surface area contributed by atoms with E-state index in [9.17, 15) is 18.0 Å². The molecule has 2 N–H and O–H groups in total. The standard InChI is InChI=1S/C20H23N3O4S/c1-14-3-7-19(8-4-14)28(26,27)22-20(25)23-11-9-16-5-6-18(21-15(2)24)13-17(16)10-12-23/h3-8,13H,9-12H2,1-2H3,(H,21,24)(H,22,25). The summed E-state index contributed by atoms with van der Waals surface area (Å²) in [5.41, 5.74) is 3.79. The van der Waals surface area contributed by atoms with E-state index in [-0.39, 0.29) is 10.8 Å². The number of carbonyl (C=O) groups is 2. The number of amides is 3. The van der Waals surface area contributed by atoms with Gasteiger partial charge in [0.15, 0.2) is 0 Å². The molecule has 8 heteroatoms. The predicted octanol–water partition coefficient (Wildman–Crippen LogP) is 2.45. The van der Waals surface area contributed by atoms with Gasteiger partial charge < -0.3 is 10.2 Å². The molecule has 0 aliphatic carbocycles. The van der Waals surface area contributed by atoms with Crippen LogP contribution in [0.3, 0.4) is 0 Å². The summed E-state index contributed by atoms with van der Waals surface area (Å²) in [6.07, 6.45) is 1.20. The van der Waals surface area contributed by atoms with Crippen LogP contribution in [-0.4, -0.2) is 38.3 Å². The summed E-state index contributed by atoms with van der Waals surface area (Å²) in [5.74, 6) is -0.143. The van der Waals surface area contributed by atoms with E-state index in [1.807, 2.05) is 25.1 Å². The zero-order chi connectivity index (χ0) is 20.3. The predicted molar refractivity (Wildman–Crippen MR) is 107 cm³/mol. The highest BCUT2D eigenvalue weighted by Gasteiger charge is 2.24. The van der Waals surface area contributed by atoms with Crippen LogP contribution in [-0.2, 0) is 27.7 Å². The number of nitrogens with one attached hydrogen (secondary N) is 2. The summed E-state index contributed by atoms with van der Waals surface area (Å²) < 4.78 is 27.1. The van der Waals surface area contributed by atoms with Crippen molar-refractivity contribution in [3.8, 4) is 0 Å². The third kappa shape index (κ3) is 4.69. The molecule has 3 rings (SSSR count). The third-order valence-corrected chi connectivity index (χ3v) is 6.01. The number of urea groups is 1. The Bertz CT molecular complexity index is 1000. The fourth-order valence-electron chi connectivity index (χ4n) is 3.17. The van der Waals surface area contributed by atoms with Gasteiger partial charge in [-0.3, -0.25) is 4.79 Å². The maximum Gasteiger partial charge on any atom is 0.331 e. The first-order valence-corrected chi connectivity index (χ1v) is 10.5. The van der Waals surface area contributed by atoms with Gasteiger partial charge in [0.05, 0.1) is 4.90 Å². The van der Waals surface area contributed by atoms with E-state index in [0.717, 1.165) is 16.7 Å². The number of sulfonamides is 1. The number of aryl methyl sites for hydroxylation is 1. The Morgan fingerprint density at radius 2 is 1.61 bits per heavy atom. The topological polar surface area (TPSA) is 95.6 Å². The smallest absolute Gasteiger partial charge is 0.326 e. The molecule has 2 aromatic carbocycles. The first-order valence-electron chi connectivity index (χ1n) is 9.02. The Balaban J connectivity index is 1.69. The average molecular weight is 401 g/mol. The van der Waals surface area contributed by atoms with Gasteiger partial charge in [-0.25, -0.2) is 17.9 Å². The summed E-state index contributed by atoms with van der Waals surface area (Å²) in [6, 6.07) is 11.4. The van der Waals surface area contributed by atoms with Gasteiger partial charge in [0.25, 0.3) is 10.0 Å². The molecule has 2 aromatic rings. The second-order valence-corrected chi connectivity index (χ2v) is 8.56. The molecule has 0 bridgehead atoms. The fourth-order valence-corrected chi connectivity index (χ4v) is 4.14. The van der Waals surface area contributed by atoms with Crippen molar-refractivity contribution >= 4 is 27.6 Å². The number of carbonyl (C=O) groups excluding carboxylic acids is 2. The average Bonchev–Trinajstić information content (AvgIpc) is 2.83. The lowest BCUT2D eigenvalue weighted by Gasteiger charge is -2.20. The van der Waals surface area contributed by atoms with Crippen LogP contribution < -0.4 is 10.0 Å². The summed E-state index contributed by atoms with van der Waals surface area (Å²) in [4.78, 5) is 25.3. The van der Waals surface area contributed by atoms with Gasteiger partial charge in [-0.05, 0) is 55.2 Å². The molecule has 148 valence electrons. The van der Waals surface area contributed by atoms with E-state index in [1.54, 1.807) is 12.1 Å². The molecule has 0 spiro atoms. The van der Waals surface area contributed by atoms with Crippen molar-refractivity contribution in [3.63, 3.8) is 0 Å². The minimum atomic E-state index is -3.91. The third-order valence-electron chi connectivity index (χ3n) is 4.67. The quantitative estimate of drug-likeness (QED) is 0.826. The molecule has 0 saturated carbocycles. The highest BCUT2D eigenvalue weighted by Crippen LogP contribution is 2.21. The monoisotopic (exact) mass is 401 g/mol. The molecule has 28 heavy (non-hydrogen) atoms. The summed E-state index contributed by atoms with van der Waals surface area (Å²) >= 11 is 0. The van der Waals surface area contributed by atoms with E-state index >= 15 is 0 Å². The largest absolute Gasteiger partial charge is 0.331 e. The maximum atomic E-state index is 12.5. The van der Waals surface area contributed by atoms with Crippen molar-refractivity contribution in [1.29, 1.82) is 0 Å². The molecule has 1 aliphatic rings. The van der Waals surface area contributed by atoms with Crippen molar-refractivity contribution in [2.24, 2.45) is 0 Å². The zero-order valence-corrected chi connectivity index (χ0v) is 16.7.